The Morgan fingerprint density at radius 3 is 2.47 bits per heavy atom. The summed E-state index contributed by atoms with van der Waals surface area (Å²) in [7, 11) is -3.56. The number of hydrogen-bond donors (Lipinski definition) is 0. The molecule has 2 aliphatic rings. The Hall–Kier alpha value is -2.22. The molecule has 1 spiro atoms. The van der Waals surface area contributed by atoms with Crippen molar-refractivity contribution in [3.05, 3.63) is 42.0 Å². The van der Waals surface area contributed by atoms with Crippen molar-refractivity contribution in [1.82, 2.24) is 9.97 Å². The molecule has 174 valence electrons. The Kier molecular flexibility index (Phi) is 6.70. The molecule has 0 radical (unpaired) electrons. The van der Waals surface area contributed by atoms with E-state index in [0.29, 0.717) is 17.8 Å². The highest BCUT2D eigenvalue weighted by atomic mass is 32.2. The fourth-order valence-corrected chi connectivity index (χ4v) is 5.81. The van der Waals surface area contributed by atoms with Crippen LogP contribution in [0, 0.1) is 17.2 Å². The molecule has 1 saturated heterocycles. The summed E-state index contributed by atoms with van der Waals surface area (Å²) >= 11 is 0. The number of nitrogens with zero attached hydrogens (tertiary/aromatic N) is 3. The topological polar surface area (TPSA) is 72.4 Å². The maximum atomic E-state index is 13.9. The van der Waals surface area contributed by atoms with Gasteiger partial charge >= 0.3 is 0 Å². The van der Waals surface area contributed by atoms with E-state index in [1.807, 2.05) is 12.4 Å². The van der Waals surface area contributed by atoms with Gasteiger partial charge in [-0.1, -0.05) is 6.92 Å². The van der Waals surface area contributed by atoms with Crippen molar-refractivity contribution < 1.29 is 17.5 Å². The number of sulfone groups is 1. The summed E-state index contributed by atoms with van der Waals surface area (Å²) in [5.41, 5.74) is 1.65. The van der Waals surface area contributed by atoms with E-state index in [0.717, 1.165) is 56.5 Å². The number of rotatable bonds is 8. The van der Waals surface area contributed by atoms with Gasteiger partial charge in [-0.25, -0.2) is 22.8 Å². The van der Waals surface area contributed by atoms with Crippen LogP contribution in [0.3, 0.4) is 0 Å². The lowest BCUT2D eigenvalue weighted by Gasteiger charge is -2.52. The van der Waals surface area contributed by atoms with Crippen LogP contribution in [0.25, 0.3) is 0 Å². The lowest BCUT2D eigenvalue weighted by Crippen LogP contribution is -2.47. The highest BCUT2D eigenvalue weighted by molar-refractivity contribution is 7.90. The number of piperidine rings is 1. The average Bonchev–Trinajstić information content (AvgIpc) is 2.75. The summed E-state index contributed by atoms with van der Waals surface area (Å²) in [6.07, 6.45) is 12.8. The molecule has 0 bridgehead atoms. The minimum absolute atomic E-state index is 0.291. The van der Waals surface area contributed by atoms with Gasteiger partial charge in [0.1, 0.15) is 16.5 Å². The first kappa shape index (κ1) is 23.0. The molecule has 1 saturated carbocycles. The minimum Gasteiger partial charge on any atom is -0.493 e. The Morgan fingerprint density at radius 1 is 1.19 bits per heavy atom. The molecule has 1 aromatic heterocycles. The fraction of sp³-hybridized carbons (Fsp3) is 0.583. The van der Waals surface area contributed by atoms with Crippen molar-refractivity contribution in [2.24, 2.45) is 11.3 Å². The molecule has 1 aliphatic carbocycles. The maximum Gasteiger partial charge on any atom is 0.225 e. The second-order valence-electron chi connectivity index (χ2n) is 9.36. The molecule has 0 atom stereocenters. The molecule has 1 aromatic carbocycles. The van der Waals surface area contributed by atoms with E-state index in [2.05, 4.69) is 21.8 Å². The quantitative estimate of drug-likeness (QED) is 0.541. The molecule has 2 heterocycles. The van der Waals surface area contributed by atoms with E-state index in [4.69, 9.17) is 4.74 Å². The molecule has 32 heavy (non-hydrogen) atoms. The zero-order chi connectivity index (χ0) is 22.8. The standard InChI is InChI=1S/C24H32FN3O3S/c1-3-18-16-26-23(27-17-18)28-10-8-24(9-11-28)14-19(15-24)5-4-12-31-20-6-7-22(21(25)13-20)32(2,29)30/h6-7,13,16-17,19H,3-5,8-12,14-15H2,1-2H3. The summed E-state index contributed by atoms with van der Waals surface area (Å²) in [5.74, 6) is 1.20. The average molecular weight is 462 g/mol. The lowest BCUT2D eigenvalue weighted by molar-refractivity contribution is 0.0205. The van der Waals surface area contributed by atoms with Gasteiger partial charge in [-0.3, -0.25) is 0 Å². The predicted octanol–water partition coefficient (Wildman–Crippen LogP) is 4.44. The van der Waals surface area contributed by atoms with Crippen LogP contribution in [-0.2, 0) is 16.3 Å². The van der Waals surface area contributed by atoms with Gasteiger partial charge in [0.25, 0.3) is 0 Å². The van der Waals surface area contributed by atoms with E-state index in [1.165, 1.54) is 43.4 Å². The van der Waals surface area contributed by atoms with Crippen LogP contribution in [0.1, 0.15) is 51.0 Å². The zero-order valence-corrected chi connectivity index (χ0v) is 19.7. The van der Waals surface area contributed by atoms with Gasteiger partial charge in [0, 0.05) is 37.8 Å². The summed E-state index contributed by atoms with van der Waals surface area (Å²) in [6.45, 7) is 4.67. The van der Waals surface area contributed by atoms with Gasteiger partial charge < -0.3 is 9.64 Å². The van der Waals surface area contributed by atoms with Gasteiger partial charge in [0.2, 0.25) is 5.95 Å². The number of halogens is 1. The molecule has 6 nitrogen and oxygen atoms in total. The van der Waals surface area contributed by atoms with Crippen LogP contribution in [0.5, 0.6) is 5.75 Å². The van der Waals surface area contributed by atoms with Gasteiger partial charge in [-0.15, -0.1) is 0 Å². The van der Waals surface area contributed by atoms with Crippen molar-refractivity contribution in [2.45, 2.75) is 56.8 Å². The van der Waals surface area contributed by atoms with E-state index in [9.17, 15) is 12.8 Å². The van der Waals surface area contributed by atoms with Gasteiger partial charge in [-0.2, -0.15) is 0 Å². The van der Waals surface area contributed by atoms with E-state index >= 15 is 0 Å². The smallest absolute Gasteiger partial charge is 0.225 e. The Bertz CT molecular complexity index is 1030. The van der Waals surface area contributed by atoms with Crippen molar-refractivity contribution in [3.63, 3.8) is 0 Å². The maximum absolute atomic E-state index is 13.9. The van der Waals surface area contributed by atoms with Gasteiger partial charge in [-0.05, 0) is 74.0 Å². The predicted molar refractivity (Wildman–Crippen MR) is 122 cm³/mol. The number of hydrogen-bond acceptors (Lipinski definition) is 6. The fourth-order valence-electron chi connectivity index (χ4n) is 5.09. The monoisotopic (exact) mass is 461 g/mol. The van der Waals surface area contributed by atoms with E-state index in [1.54, 1.807) is 0 Å². The first-order chi connectivity index (χ1) is 15.3. The highest BCUT2D eigenvalue weighted by Gasteiger charge is 2.45. The molecular weight excluding hydrogens is 429 g/mol. The summed E-state index contributed by atoms with van der Waals surface area (Å²) < 4.78 is 42.6. The van der Waals surface area contributed by atoms with Gasteiger partial charge in [0.05, 0.1) is 6.61 Å². The third-order valence-electron chi connectivity index (χ3n) is 6.98. The molecule has 1 aliphatic heterocycles. The second kappa shape index (κ2) is 9.33. The molecule has 2 fully saturated rings. The van der Waals surface area contributed by atoms with Crippen LogP contribution in [0.4, 0.5) is 10.3 Å². The summed E-state index contributed by atoms with van der Waals surface area (Å²) in [5, 5.41) is 0. The normalized spacial score (nSPS) is 18.5. The first-order valence-electron chi connectivity index (χ1n) is 11.5. The number of ether oxygens (including phenoxy) is 1. The van der Waals surface area contributed by atoms with Crippen molar-refractivity contribution in [1.29, 1.82) is 0 Å². The summed E-state index contributed by atoms with van der Waals surface area (Å²) in [4.78, 5) is 11.1. The minimum atomic E-state index is -3.56. The number of aromatic nitrogens is 2. The number of anilines is 1. The van der Waals surface area contributed by atoms with Crippen LogP contribution in [0.15, 0.2) is 35.5 Å². The third kappa shape index (κ3) is 5.22. The number of aryl methyl sites for hydroxylation is 1. The molecule has 4 rings (SSSR count). The zero-order valence-electron chi connectivity index (χ0n) is 18.9. The van der Waals surface area contributed by atoms with Crippen LogP contribution in [0.2, 0.25) is 0 Å². The van der Waals surface area contributed by atoms with Gasteiger partial charge in [0.15, 0.2) is 9.84 Å². The Balaban J connectivity index is 1.16. The molecular formula is C24H32FN3O3S. The Labute approximate surface area is 190 Å². The molecule has 2 aromatic rings. The summed E-state index contributed by atoms with van der Waals surface area (Å²) in [6, 6.07) is 3.94. The van der Waals surface area contributed by atoms with Crippen LogP contribution < -0.4 is 9.64 Å². The SMILES string of the molecule is CCc1cnc(N2CCC3(CC2)CC(CCCOc2ccc(S(C)(=O)=O)c(F)c2)C3)nc1. The Morgan fingerprint density at radius 2 is 1.88 bits per heavy atom. The molecule has 0 N–H and O–H groups in total. The van der Waals surface area contributed by atoms with Crippen molar-refractivity contribution in [3.8, 4) is 5.75 Å². The molecule has 0 unspecified atom stereocenters. The van der Waals surface area contributed by atoms with E-state index < -0.39 is 15.7 Å². The molecule has 8 heteroatoms. The second-order valence-corrected chi connectivity index (χ2v) is 11.3. The van der Waals surface area contributed by atoms with Crippen LogP contribution >= 0.6 is 0 Å². The third-order valence-corrected chi connectivity index (χ3v) is 8.11. The van der Waals surface area contributed by atoms with E-state index in [-0.39, 0.29) is 4.90 Å². The number of benzene rings is 1. The largest absolute Gasteiger partial charge is 0.493 e. The highest BCUT2D eigenvalue weighted by Crippen LogP contribution is 2.54. The van der Waals surface area contributed by atoms with Crippen LogP contribution in [-0.4, -0.2) is 44.3 Å². The first-order valence-corrected chi connectivity index (χ1v) is 13.4. The molecule has 0 amide bonds. The lowest BCUT2D eigenvalue weighted by atomic mass is 9.56. The van der Waals surface area contributed by atoms with Crippen molar-refractivity contribution >= 4 is 15.8 Å². The van der Waals surface area contributed by atoms with Crippen molar-refractivity contribution in [2.75, 3.05) is 30.9 Å².